The molecule has 2 aliphatic heterocycles. The molecule has 95 heavy (non-hydrogen) atoms. The Balaban J connectivity index is 0.955. The molecule has 0 N–H and O–H groups in total. The molecule has 0 bridgehead atoms. The molecule has 0 saturated heterocycles. The Kier molecular flexibility index (Phi) is 12.6. The number of anilines is 6. The smallest absolute Gasteiger partial charge is 0.252 e. The first kappa shape index (κ1) is 54.1. The van der Waals surface area contributed by atoms with Crippen LogP contribution in [0.5, 0.6) is 0 Å². The number of benzene rings is 14. The van der Waals surface area contributed by atoms with Gasteiger partial charge in [0.25, 0.3) is 6.71 Å². The van der Waals surface area contributed by atoms with Gasteiger partial charge in [0.05, 0.1) is 28.1 Å². The van der Waals surface area contributed by atoms with Crippen LogP contribution in [0.1, 0.15) is 0 Å². The average Bonchev–Trinajstić information content (AvgIpc) is 1.62. The summed E-state index contributed by atoms with van der Waals surface area (Å²) in [4.78, 5) is 21.0. The molecule has 0 fully saturated rings. The number of para-hydroxylation sites is 3. The highest BCUT2D eigenvalue weighted by atomic mass is 16.3. The van der Waals surface area contributed by atoms with Gasteiger partial charge in [-0.3, -0.25) is 0 Å². The first-order valence-electron chi connectivity index (χ1n) is 32.4. The second-order valence-corrected chi connectivity index (χ2v) is 24.6. The summed E-state index contributed by atoms with van der Waals surface area (Å²) in [6, 6.07) is 120. The average molecular weight is 1210 g/mol. The molecule has 442 valence electrons. The van der Waals surface area contributed by atoms with Crippen LogP contribution in [-0.2, 0) is 0 Å². The van der Waals surface area contributed by atoms with E-state index in [4.69, 9.17) is 19.4 Å². The SMILES string of the molecule is c1ccc(-c2ccc(N3c4cc(-n5c6ccccc6c6ccccc65)ccc4B4c5ccc(-c6nc(-c7ccccc7)nc(-c7ccccc7)n6)cc5N(c5ccc(-c6ccccc6)cc5-c5ccccc5)c5c4c3cc3c5oc4ccccc43)c(-c3ccccc3)c2)cc1. The van der Waals surface area contributed by atoms with Crippen LogP contribution in [0.4, 0.5) is 34.1 Å². The van der Waals surface area contributed by atoms with Crippen LogP contribution in [0.25, 0.3) is 128 Å². The summed E-state index contributed by atoms with van der Waals surface area (Å²) in [5.41, 5.74) is 26.0. The normalized spacial score (nSPS) is 12.4. The molecule has 7 nitrogen and oxygen atoms in total. The van der Waals surface area contributed by atoms with E-state index in [1.807, 2.05) is 36.4 Å². The summed E-state index contributed by atoms with van der Waals surface area (Å²) in [7, 11) is 0. The number of furan rings is 1. The van der Waals surface area contributed by atoms with Gasteiger partial charge in [0.1, 0.15) is 5.58 Å². The highest BCUT2D eigenvalue weighted by Crippen LogP contribution is 2.53. The van der Waals surface area contributed by atoms with E-state index >= 15 is 0 Å². The molecular formula is C87H55BN6O. The lowest BCUT2D eigenvalue weighted by molar-refractivity contribution is 0.669. The van der Waals surface area contributed by atoms with E-state index in [1.54, 1.807) is 0 Å². The molecule has 5 heterocycles. The van der Waals surface area contributed by atoms with Crippen LogP contribution in [0.2, 0.25) is 0 Å². The van der Waals surface area contributed by atoms with Gasteiger partial charge in [-0.2, -0.15) is 0 Å². The van der Waals surface area contributed by atoms with Crippen molar-refractivity contribution >= 4 is 101 Å². The third-order valence-electron chi connectivity index (χ3n) is 19.2. The molecule has 14 aromatic carbocycles. The lowest BCUT2D eigenvalue weighted by Gasteiger charge is -2.45. The molecule has 2 aliphatic rings. The molecule has 0 spiro atoms. The van der Waals surface area contributed by atoms with E-state index in [1.165, 1.54) is 10.8 Å². The van der Waals surface area contributed by atoms with Crippen molar-refractivity contribution in [3.63, 3.8) is 0 Å². The van der Waals surface area contributed by atoms with E-state index in [2.05, 4.69) is 312 Å². The molecule has 0 saturated carbocycles. The minimum Gasteiger partial charge on any atom is -0.454 e. The van der Waals surface area contributed by atoms with Crippen molar-refractivity contribution in [2.45, 2.75) is 0 Å². The quantitative estimate of drug-likeness (QED) is 0.127. The van der Waals surface area contributed by atoms with E-state index in [0.29, 0.717) is 17.5 Å². The zero-order valence-corrected chi connectivity index (χ0v) is 51.4. The fraction of sp³-hybridized carbons (Fsp3) is 0. The Morgan fingerprint density at radius 2 is 0.695 bits per heavy atom. The van der Waals surface area contributed by atoms with Gasteiger partial charge < -0.3 is 18.8 Å². The summed E-state index contributed by atoms with van der Waals surface area (Å²) >= 11 is 0. The molecule has 0 atom stereocenters. The molecule has 8 heteroatoms. The molecule has 0 aliphatic carbocycles. The molecule has 0 unspecified atom stereocenters. The van der Waals surface area contributed by atoms with Crippen LogP contribution in [0.3, 0.4) is 0 Å². The standard InChI is InChI=1S/C87H55BN6O/c1-7-25-56(26-8-1)62-44-49-76(69(51-62)58-29-11-3-12-30-58)93-79-54-65(92-74-40-22-19-37-66(74)67-38-20-23-41-75(67)92)46-48-73(79)88-72-47-43-64(87-90-85(60-33-15-5-16-34-60)89-86(91-87)61-35-17-6-18-36-61)53-78(72)94(83-82(88)80(93)55-71-68-39-21-24-42-81(68)95-84(71)83)77-50-45-63(57-27-9-2-10-28-57)52-70(77)59-31-13-4-14-32-59/h1-55H. The highest BCUT2D eigenvalue weighted by molar-refractivity contribution is 7.00. The Morgan fingerprint density at radius 3 is 1.23 bits per heavy atom. The summed E-state index contributed by atoms with van der Waals surface area (Å²) in [5.74, 6) is 1.76. The van der Waals surface area contributed by atoms with Gasteiger partial charge in [-0.1, -0.05) is 267 Å². The largest absolute Gasteiger partial charge is 0.454 e. The number of aromatic nitrogens is 4. The Morgan fingerprint density at radius 1 is 0.274 bits per heavy atom. The molecule has 0 amide bonds. The zero-order chi connectivity index (χ0) is 62.5. The van der Waals surface area contributed by atoms with Gasteiger partial charge in [0.2, 0.25) is 0 Å². The van der Waals surface area contributed by atoms with Crippen LogP contribution in [-0.4, -0.2) is 26.2 Å². The van der Waals surface area contributed by atoms with Gasteiger partial charge >= 0.3 is 0 Å². The second-order valence-electron chi connectivity index (χ2n) is 24.6. The highest BCUT2D eigenvalue weighted by Gasteiger charge is 2.46. The van der Waals surface area contributed by atoms with Crippen LogP contribution < -0.4 is 26.2 Å². The van der Waals surface area contributed by atoms with Gasteiger partial charge in [-0.05, 0) is 116 Å². The zero-order valence-electron chi connectivity index (χ0n) is 51.4. The Hall–Kier alpha value is -12.6. The second kappa shape index (κ2) is 22.0. The number of fused-ring (bicyclic) bond motifs is 11. The van der Waals surface area contributed by atoms with Crippen LogP contribution >= 0.6 is 0 Å². The lowest BCUT2D eigenvalue weighted by Crippen LogP contribution is -2.61. The van der Waals surface area contributed by atoms with Crippen molar-refractivity contribution in [2.75, 3.05) is 9.80 Å². The van der Waals surface area contributed by atoms with Crippen molar-refractivity contribution in [2.24, 2.45) is 0 Å². The van der Waals surface area contributed by atoms with Gasteiger partial charge in [0.15, 0.2) is 23.1 Å². The van der Waals surface area contributed by atoms with E-state index in [-0.39, 0.29) is 6.71 Å². The monoisotopic (exact) mass is 1210 g/mol. The number of rotatable bonds is 10. The fourth-order valence-corrected chi connectivity index (χ4v) is 14.9. The summed E-state index contributed by atoms with van der Waals surface area (Å²) < 4.78 is 9.96. The summed E-state index contributed by atoms with van der Waals surface area (Å²) in [6.07, 6.45) is 0. The minimum atomic E-state index is -0.318. The molecular weight excluding hydrogens is 1160 g/mol. The van der Waals surface area contributed by atoms with E-state index < -0.39 is 0 Å². The lowest BCUT2D eigenvalue weighted by atomic mass is 9.33. The van der Waals surface area contributed by atoms with Crippen molar-refractivity contribution in [3.05, 3.63) is 334 Å². The minimum absolute atomic E-state index is 0.318. The third kappa shape index (κ3) is 8.87. The predicted molar refractivity (Wildman–Crippen MR) is 394 cm³/mol. The van der Waals surface area contributed by atoms with Crippen molar-refractivity contribution in [1.82, 2.24) is 19.5 Å². The summed E-state index contributed by atoms with van der Waals surface area (Å²) in [6.45, 7) is -0.318. The van der Waals surface area contributed by atoms with E-state index in [9.17, 15) is 0 Å². The van der Waals surface area contributed by atoms with Crippen LogP contribution in [0, 0.1) is 0 Å². The number of nitrogens with zero attached hydrogens (tertiary/aromatic N) is 6. The topological polar surface area (TPSA) is 63.2 Å². The van der Waals surface area contributed by atoms with Crippen molar-refractivity contribution in [3.8, 4) is 84.4 Å². The number of hydrogen-bond acceptors (Lipinski definition) is 6. The summed E-state index contributed by atoms with van der Waals surface area (Å²) in [5, 5.41) is 4.45. The maximum Gasteiger partial charge on any atom is 0.252 e. The molecule has 3 aromatic heterocycles. The van der Waals surface area contributed by atoms with Crippen molar-refractivity contribution < 1.29 is 4.42 Å². The fourth-order valence-electron chi connectivity index (χ4n) is 14.9. The Bertz CT molecular complexity index is 5750. The van der Waals surface area contributed by atoms with Gasteiger partial charge in [0, 0.05) is 72.1 Å². The van der Waals surface area contributed by atoms with E-state index in [0.717, 1.165) is 150 Å². The van der Waals surface area contributed by atoms with Crippen LogP contribution in [0.15, 0.2) is 338 Å². The first-order chi connectivity index (χ1) is 47.1. The van der Waals surface area contributed by atoms with Gasteiger partial charge in [-0.15, -0.1) is 0 Å². The van der Waals surface area contributed by atoms with Crippen molar-refractivity contribution in [1.29, 1.82) is 0 Å². The van der Waals surface area contributed by atoms with Gasteiger partial charge in [-0.25, -0.2) is 15.0 Å². The maximum atomic E-state index is 7.51. The molecule has 17 aromatic rings. The first-order valence-corrected chi connectivity index (χ1v) is 32.4. The molecule has 19 rings (SSSR count). The maximum absolute atomic E-state index is 7.51. The molecule has 0 radical (unpaired) electrons. The third-order valence-corrected chi connectivity index (χ3v) is 19.2. The Labute approximate surface area is 549 Å². The predicted octanol–water partition coefficient (Wildman–Crippen LogP) is 20.6. The number of hydrogen-bond donors (Lipinski definition) is 0.